The predicted octanol–water partition coefficient (Wildman–Crippen LogP) is 8.86. The molecule has 0 amide bonds. The quantitative estimate of drug-likeness (QED) is 0.214. The number of rotatable bonds is 0. The van der Waals surface area contributed by atoms with Crippen LogP contribution in [0.1, 0.15) is 68.2 Å². The second-order valence-electron chi connectivity index (χ2n) is 10.8. The summed E-state index contributed by atoms with van der Waals surface area (Å²) in [5.41, 5.74) is 11.9. The van der Waals surface area contributed by atoms with Gasteiger partial charge in [0.1, 0.15) is 0 Å². The molecule has 0 aliphatic heterocycles. The smallest absolute Gasteiger partial charge is 0.0208 e. The zero-order valence-electron chi connectivity index (χ0n) is 19.9. The molecule has 0 saturated carbocycles. The maximum absolute atomic E-state index is 2.42. The number of hydrogen-bond donors (Lipinski definition) is 0. The van der Waals surface area contributed by atoms with Crippen LogP contribution in [0, 0.1) is 0 Å². The van der Waals surface area contributed by atoms with Crippen molar-refractivity contribution in [1.82, 2.24) is 0 Å². The lowest BCUT2D eigenvalue weighted by Crippen LogP contribution is -2.21. The van der Waals surface area contributed by atoms with Crippen LogP contribution in [0.5, 0.6) is 0 Å². The summed E-state index contributed by atoms with van der Waals surface area (Å²) in [7, 11) is 0. The van der Waals surface area contributed by atoms with Crippen molar-refractivity contribution in [1.29, 1.82) is 0 Å². The van der Waals surface area contributed by atoms with Gasteiger partial charge >= 0.3 is 0 Å². The molecule has 36 heavy (non-hydrogen) atoms. The lowest BCUT2D eigenvalue weighted by Gasteiger charge is -2.36. The van der Waals surface area contributed by atoms with Crippen LogP contribution >= 0.6 is 0 Å². The van der Waals surface area contributed by atoms with Crippen LogP contribution in [0.2, 0.25) is 0 Å². The van der Waals surface area contributed by atoms with Gasteiger partial charge in [-0.25, -0.2) is 0 Å². The first-order chi connectivity index (χ1) is 17.9. The van der Waals surface area contributed by atoms with Crippen molar-refractivity contribution in [2.24, 2.45) is 0 Å². The Morgan fingerprint density at radius 2 is 0.500 bits per heavy atom. The summed E-state index contributed by atoms with van der Waals surface area (Å²) < 4.78 is 0. The van der Waals surface area contributed by atoms with Gasteiger partial charge in [-0.05, 0) is 66.1 Å². The third kappa shape index (κ3) is 2.22. The zero-order valence-corrected chi connectivity index (χ0v) is 19.9. The minimum Gasteiger partial charge on any atom is -0.0620 e. The summed E-state index contributed by atoms with van der Waals surface area (Å²) in [4.78, 5) is 0. The average Bonchev–Trinajstić information content (AvgIpc) is 3.08. The van der Waals surface area contributed by atoms with Gasteiger partial charge in [-0.2, -0.15) is 0 Å². The van der Waals surface area contributed by atoms with Gasteiger partial charge in [0.2, 0.25) is 0 Å². The SMILES string of the molecule is c1ccc2c(c1)[C@@H]1c3cccc4cccc(c34)[C@@H]2[C@H]2c3ccccc3[C@H]1c1cccc3cccc2c13. The van der Waals surface area contributed by atoms with Gasteiger partial charge in [-0.15, -0.1) is 0 Å². The highest BCUT2D eigenvalue weighted by Gasteiger charge is 2.46. The molecular formula is C36H24. The molecule has 0 spiro atoms. The summed E-state index contributed by atoms with van der Waals surface area (Å²) in [5.74, 6) is 1.04. The van der Waals surface area contributed by atoms with Crippen molar-refractivity contribution < 1.29 is 0 Å². The lowest BCUT2D eigenvalue weighted by atomic mass is 9.67. The maximum Gasteiger partial charge on any atom is 0.0208 e. The zero-order chi connectivity index (χ0) is 23.4. The van der Waals surface area contributed by atoms with E-state index in [0.717, 1.165) is 0 Å². The molecule has 0 nitrogen and oxygen atoms in total. The minimum absolute atomic E-state index is 0.259. The van der Waals surface area contributed by atoms with Crippen molar-refractivity contribution in [3.63, 3.8) is 0 Å². The van der Waals surface area contributed by atoms with Crippen LogP contribution in [0.15, 0.2) is 121 Å². The first-order valence-corrected chi connectivity index (χ1v) is 13.1. The molecule has 0 N–H and O–H groups in total. The van der Waals surface area contributed by atoms with E-state index in [1.165, 1.54) is 66.1 Å². The van der Waals surface area contributed by atoms with Crippen LogP contribution in [-0.4, -0.2) is 0 Å². The van der Waals surface area contributed by atoms with Crippen LogP contribution in [0.4, 0.5) is 0 Å². The average molecular weight is 457 g/mol. The number of benzene rings is 6. The molecule has 9 rings (SSSR count). The molecule has 4 atom stereocenters. The molecule has 0 saturated heterocycles. The molecule has 0 fully saturated rings. The van der Waals surface area contributed by atoms with Crippen molar-refractivity contribution in [2.75, 3.05) is 0 Å². The third-order valence-corrected chi connectivity index (χ3v) is 9.28. The van der Waals surface area contributed by atoms with Gasteiger partial charge in [0.15, 0.2) is 0 Å². The van der Waals surface area contributed by atoms with Crippen molar-refractivity contribution in [2.45, 2.75) is 23.7 Å². The minimum atomic E-state index is 0.259. The highest BCUT2D eigenvalue weighted by molar-refractivity contribution is 5.96. The van der Waals surface area contributed by atoms with Crippen molar-refractivity contribution in [3.8, 4) is 0 Å². The molecule has 0 radical (unpaired) electrons. The summed E-state index contributed by atoms with van der Waals surface area (Å²) in [6.07, 6.45) is 0. The molecule has 0 unspecified atom stereocenters. The Bertz CT molecular complexity index is 1610. The van der Waals surface area contributed by atoms with E-state index in [2.05, 4.69) is 121 Å². The Hall–Kier alpha value is -4.16. The Morgan fingerprint density at radius 3 is 0.778 bits per heavy atom. The highest BCUT2D eigenvalue weighted by atomic mass is 14.5. The summed E-state index contributed by atoms with van der Waals surface area (Å²) in [6.45, 7) is 0. The van der Waals surface area contributed by atoms with Gasteiger partial charge in [-0.1, -0.05) is 121 Å². The van der Waals surface area contributed by atoms with E-state index in [-0.39, 0.29) is 23.7 Å². The van der Waals surface area contributed by atoms with Crippen LogP contribution < -0.4 is 0 Å². The van der Waals surface area contributed by atoms with E-state index in [1.54, 1.807) is 0 Å². The second-order valence-corrected chi connectivity index (χ2v) is 10.8. The van der Waals surface area contributed by atoms with E-state index in [9.17, 15) is 0 Å². The Morgan fingerprint density at radius 1 is 0.250 bits per heavy atom. The highest BCUT2D eigenvalue weighted by Crippen LogP contribution is 2.61. The topological polar surface area (TPSA) is 0 Å². The molecular weight excluding hydrogens is 432 g/mol. The molecule has 168 valence electrons. The second kappa shape index (κ2) is 6.74. The molecule has 6 aromatic carbocycles. The van der Waals surface area contributed by atoms with Gasteiger partial charge in [0, 0.05) is 23.7 Å². The normalized spacial score (nSPS) is 22.4. The third-order valence-electron chi connectivity index (χ3n) is 9.28. The number of fused-ring (bicyclic) bond motifs is 6. The van der Waals surface area contributed by atoms with Crippen LogP contribution in [0.25, 0.3) is 21.5 Å². The summed E-state index contributed by atoms with van der Waals surface area (Å²) in [5, 5.41) is 5.67. The van der Waals surface area contributed by atoms with Gasteiger partial charge < -0.3 is 0 Å². The Kier molecular flexibility index (Phi) is 3.57. The van der Waals surface area contributed by atoms with Gasteiger partial charge in [-0.3, -0.25) is 0 Å². The molecule has 6 aromatic rings. The molecule has 4 bridgehead atoms. The fourth-order valence-electron chi connectivity index (χ4n) is 8.10. The lowest BCUT2D eigenvalue weighted by molar-refractivity contribution is 0.636. The van der Waals surface area contributed by atoms with E-state index >= 15 is 0 Å². The Balaban J connectivity index is 1.60. The maximum atomic E-state index is 2.42. The van der Waals surface area contributed by atoms with E-state index in [0.29, 0.717) is 0 Å². The summed E-state index contributed by atoms with van der Waals surface area (Å²) in [6, 6.07) is 46.7. The monoisotopic (exact) mass is 456 g/mol. The van der Waals surface area contributed by atoms with E-state index in [4.69, 9.17) is 0 Å². The first-order valence-electron chi connectivity index (χ1n) is 13.1. The fourth-order valence-corrected chi connectivity index (χ4v) is 8.10. The van der Waals surface area contributed by atoms with Gasteiger partial charge in [0.25, 0.3) is 0 Å². The summed E-state index contributed by atoms with van der Waals surface area (Å²) >= 11 is 0. The molecule has 0 heteroatoms. The first kappa shape index (κ1) is 19.1. The molecule has 0 heterocycles. The fraction of sp³-hybridized carbons (Fsp3) is 0.111. The van der Waals surface area contributed by atoms with Gasteiger partial charge in [0.05, 0.1) is 0 Å². The standard InChI is InChI=1S/C36H24/c1-2-14-24-23(13-1)33-27-17-5-9-21-10-6-18-28(31(21)27)34(24)36-26-16-4-3-15-25(26)35(33)29-19-7-11-22-12-8-20-30(36)32(22)29/h1-20,33-36H/t33-,34-,35+,36+. The van der Waals surface area contributed by atoms with Crippen LogP contribution in [0.3, 0.4) is 0 Å². The van der Waals surface area contributed by atoms with E-state index < -0.39 is 0 Å². The van der Waals surface area contributed by atoms with Crippen molar-refractivity contribution >= 4 is 21.5 Å². The molecule has 0 aromatic heterocycles. The molecule has 3 aliphatic carbocycles. The van der Waals surface area contributed by atoms with Crippen molar-refractivity contribution in [3.05, 3.63) is 166 Å². The van der Waals surface area contributed by atoms with Crippen LogP contribution in [-0.2, 0) is 0 Å². The molecule has 3 aliphatic rings. The Labute approximate surface area is 210 Å². The van der Waals surface area contributed by atoms with E-state index in [1.807, 2.05) is 0 Å². The predicted molar refractivity (Wildman–Crippen MR) is 148 cm³/mol. The number of hydrogen-bond acceptors (Lipinski definition) is 0. The largest absolute Gasteiger partial charge is 0.0620 e.